The third-order valence-electron chi connectivity index (χ3n) is 9.54. The van der Waals surface area contributed by atoms with Gasteiger partial charge in [-0.2, -0.15) is 0 Å². The van der Waals surface area contributed by atoms with Gasteiger partial charge in [0.05, 0.1) is 0 Å². The second-order valence-electron chi connectivity index (χ2n) is 13.3. The molecule has 3 heteroatoms. The summed E-state index contributed by atoms with van der Waals surface area (Å²) >= 11 is 0. The van der Waals surface area contributed by atoms with E-state index in [1.165, 1.54) is 71.9 Å². The number of rotatable bonds is 7. The second-order valence-corrected chi connectivity index (χ2v) is 13.3. The first-order valence-corrected chi connectivity index (χ1v) is 17.0. The van der Waals surface area contributed by atoms with Gasteiger partial charge in [-0.1, -0.05) is 124 Å². The third-order valence-corrected chi connectivity index (χ3v) is 9.54. The molecule has 0 atom stereocenters. The van der Waals surface area contributed by atoms with Gasteiger partial charge in [-0.25, -0.2) is 0 Å². The minimum Gasteiger partial charge on any atom is -0.305 e. The molecule has 48 heavy (non-hydrogen) atoms. The Morgan fingerprint density at radius 3 is 2.08 bits per heavy atom. The van der Waals surface area contributed by atoms with Crippen LogP contribution in [-0.4, -0.2) is 9.97 Å². The molecule has 0 aliphatic heterocycles. The van der Waals surface area contributed by atoms with Crippen LogP contribution in [0.2, 0.25) is 0 Å². The summed E-state index contributed by atoms with van der Waals surface area (Å²) in [5.41, 5.74) is 11.7. The number of aromatic nitrogens is 2. The number of hydrogen-bond acceptors (Lipinski definition) is 2. The first-order chi connectivity index (χ1) is 23.0. The number of nitrogens with zero attached hydrogens (tertiary/aromatic N) is 2. The van der Waals surface area contributed by atoms with Crippen LogP contribution in [0.1, 0.15) is 68.2 Å². The van der Waals surface area contributed by atoms with Crippen molar-refractivity contribution in [3.05, 3.63) is 168 Å². The SMILES string of the molecule is CC(C)(c1ccccc1)c1cc[c-]c(-c2cc(CC3CCCCC3)ccn2)c1.Cc1cnc(-c2[c-]cccc2)cc1-c1ccccc1.[Ir]. The van der Waals surface area contributed by atoms with Crippen molar-refractivity contribution < 1.29 is 20.1 Å². The van der Waals surface area contributed by atoms with Crippen molar-refractivity contribution in [2.24, 2.45) is 5.92 Å². The van der Waals surface area contributed by atoms with E-state index in [0.717, 1.165) is 28.4 Å². The Morgan fingerprint density at radius 2 is 1.35 bits per heavy atom. The fourth-order valence-electron chi connectivity index (χ4n) is 6.65. The van der Waals surface area contributed by atoms with Gasteiger partial charge in [-0.15, -0.1) is 71.3 Å². The molecule has 1 saturated carbocycles. The normalized spacial score (nSPS) is 13.1. The quantitative estimate of drug-likeness (QED) is 0.150. The maximum absolute atomic E-state index is 4.67. The molecule has 0 amide bonds. The summed E-state index contributed by atoms with van der Waals surface area (Å²) in [5.74, 6) is 0.844. The average molecular weight is 805 g/mol. The van der Waals surface area contributed by atoms with Crippen LogP contribution in [0.5, 0.6) is 0 Å². The molecule has 1 aliphatic rings. The van der Waals surface area contributed by atoms with Crippen molar-refractivity contribution in [3.8, 4) is 33.6 Å². The summed E-state index contributed by atoms with van der Waals surface area (Å²) in [6, 6.07) is 48.8. The Morgan fingerprint density at radius 1 is 0.667 bits per heavy atom. The molecule has 2 nitrogen and oxygen atoms in total. The van der Waals surface area contributed by atoms with E-state index < -0.39 is 0 Å². The standard InChI is InChI=1S/C27H30N.C18H14N.Ir/c1-27(2,24-13-7-4-8-14-24)25-15-9-12-23(20-25)26-19-22(16-17-28-26)18-21-10-5-3-6-11-21;1-14-13-19-18(16-10-6-3-7-11-16)12-17(14)15-8-4-2-5-9-15;/h4,7-9,13-17,19-21H,3,5-6,10-11,18H2,1-2H3;2-10,12-13H,1H3;/q2*-1;. The smallest absolute Gasteiger partial charge is 0.0196 e. The van der Waals surface area contributed by atoms with E-state index in [4.69, 9.17) is 0 Å². The molecule has 2 heterocycles. The van der Waals surface area contributed by atoms with Crippen molar-refractivity contribution in [1.82, 2.24) is 9.97 Å². The fourth-order valence-corrected chi connectivity index (χ4v) is 6.65. The number of hydrogen-bond donors (Lipinski definition) is 0. The van der Waals surface area contributed by atoms with Gasteiger partial charge in [0.1, 0.15) is 0 Å². The first-order valence-electron chi connectivity index (χ1n) is 17.0. The molecular weight excluding hydrogens is 761 g/mol. The molecule has 0 spiro atoms. The molecule has 7 rings (SSSR count). The topological polar surface area (TPSA) is 25.8 Å². The van der Waals surface area contributed by atoms with Gasteiger partial charge in [0.2, 0.25) is 0 Å². The van der Waals surface area contributed by atoms with Crippen molar-refractivity contribution >= 4 is 0 Å². The minimum atomic E-state index is -0.0508. The zero-order valence-electron chi connectivity index (χ0n) is 28.2. The summed E-state index contributed by atoms with van der Waals surface area (Å²) in [5, 5.41) is 0. The summed E-state index contributed by atoms with van der Waals surface area (Å²) < 4.78 is 0. The van der Waals surface area contributed by atoms with Gasteiger partial charge >= 0.3 is 0 Å². The summed E-state index contributed by atoms with van der Waals surface area (Å²) in [6.07, 6.45) is 12.0. The molecule has 1 aliphatic carbocycles. The Bertz CT molecular complexity index is 1860. The Hall–Kier alpha value is -4.17. The van der Waals surface area contributed by atoms with Gasteiger partial charge in [-0.05, 0) is 64.4 Å². The van der Waals surface area contributed by atoms with Gasteiger partial charge in [0.25, 0.3) is 0 Å². The Kier molecular flexibility index (Phi) is 12.3. The molecule has 0 unspecified atom stereocenters. The van der Waals surface area contributed by atoms with E-state index in [1.54, 1.807) is 0 Å². The van der Waals surface area contributed by atoms with Crippen molar-refractivity contribution in [2.45, 2.75) is 64.7 Å². The van der Waals surface area contributed by atoms with E-state index in [0.29, 0.717) is 0 Å². The van der Waals surface area contributed by atoms with E-state index in [-0.39, 0.29) is 25.5 Å². The maximum Gasteiger partial charge on any atom is 0.0196 e. The molecule has 0 saturated heterocycles. The first kappa shape index (κ1) is 35.1. The zero-order valence-corrected chi connectivity index (χ0v) is 30.6. The number of aryl methyl sites for hydroxylation is 1. The Balaban J connectivity index is 0.000000197. The zero-order chi connectivity index (χ0) is 32.5. The summed E-state index contributed by atoms with van der Waals surface area (Å²) in [6.45, 7) is 6.66. The molecule has 6 aromatic rings. The van der Waals surface area contributed by atoms with Crippen LogP contribution in [0.25, 0.3) is 33.6 Å². The van der Waals surface area contributed by atoms with Crippen LogP contribution in [0.3, 0.4) is 0 Å². The average Bonchev–Trinajstić information content (AvgIpc) is 3.14. The van der Waals surface area contributed by atoms with Crippen molar-refractivity contribution in [1.29, 1.82) is 0 Å². The van der Waals surface area contributed by atoms with Crippen LogP contribution in [0.4, 0.5) is 0 Å². The fraction of sp³-hybridized carbons (Fsp3) is 0.244. The molecule has 1 radical (unpaired) electrons. The predicted molar refractivity (Wildman–Crippen MR) is 196 cm³/mol. The predicted octanol–water partition coefficient (Wildman–Crippen LogP) is 11.5. The second kappa shape index (κ2) is 16.8. The summed E-state index contributed by atoms with van der Waals surface area (Å²) in [4.78, 5) is 9.17. The molecule has 2 aromatic heterocycles. The van der Waals surface area contributed by atoms with Crippen LogP contribution in [0, 0.1) is 25.0 Å². The molecule has 245 valence electrons. The molecular formula is C45H44IrN2-2. The van der Waals surface area contributed by atoms with Gasteiger partial charge < -0.3 is 9.97 Å². The molecule has 0 N–H and O–H groups in total. The Labute approximate surface area is 301 Å². The maximum atomic E-state index is 4.67. The molecule has 1 fully saturated rings. The van der Waals surface area contributed by atoms with E-state index in [2.05, 4.69) is 128 Å². The van der Waals surface area contributed by atoms with E-state index >= 15 is 0 Å². The summed E-state index contributed by atoms with van der Waals surface area (Å²) in [7, 11) is 0. The van der Waals surface area contributed by atoms with E-state index in [1.807, 2.05) is 48.8 Å². The number of pyridine rings is 2. The van der Waals surface area contributed by atoms with Gasteiger partial charge in [0, 0.05) is 32.5 Å². The minimum absolute atomic E-state index is 0. The van der Waals surface area contributed by atoms with Gasteiger partial charge in [-0.3, -0.25) is 0 Å². The van der Waals surface area contributed by atoms with Crippen molar-refractivity contribution in [2.75, 3.05) is 0 Å². The van der Waals surface area contributed by atoms with Crippen LogP contribution < -0.4 is 0 Å². The monoisotopic (exact) mass is 805 g/mol. The third kappa shape index (κ3) is 8.84. The largest absolute Gasteiger partial charge is 0.305 e. The van der Waals surface area contributed by atoms with Crippen LogP contribution in [0.15, 0.2) is 134 Å². The van der Waals surface area contributed by atoms with Gasteiger partial charge in [0.15, 0.2) is 0 Å². The van der Waals surface area contributed by atoms with Crippen LogP contribution in [-0.2, 0) is 31.9 Å². The van der Waals surface area contributed by atoms with Crippen LogP contribution >= 0.6 is 0 Å². The molecule has 0 bridgehead atoms. The van der Waals surface area contributed by atoms with Crippen molar-refractivity contribution in [3.63, 3.8) is 0 Å². The van der Waals surface area contributed by atoms with E-state index in [9.17, 15) is 0 Å². The number of benzene rings is 4. The molecule has 4 aromatic carbocycles.